The zero-order chi connectivity index (χ0) is 14.7. The quantitative estimate of drug-likeness (QED) is 0.680. The molecule has 0 aliphatic rings. The summed E-state index contributed by atoms with van der Waals surface area (Å²) in [6, 6.07) is 9.27. The molecule has 0 N–H and O–H groups in total. The molecule has 0 spiro atoms. The van der Waals surface area contributed by atoms with Crippen LogP contribution < -0.4 is 4.90 Å². The van der Waals surface area contributed by atoms with Gasteiger partial charge in [-0.3, -0.25) is 4.79 Å². The Bertz CT molecular complexity index is 629. The van der Waals surface area contributed by atoms with E-state index in [-0.39, 0.29) is 5.91 Å². The van der Waals surface area contributed by atoms with Crippen LogP contribution in [-0.4, -0.2) is 13.0 Å². The van der Waals surface area contributed by atoms with Crippen molar-refractivity contribution < 1.29 is 4.79 Å². The van der Waals surface area contributed by atoms with E-state index in [1.54, 1.807) is 18.0 Å². The maximum atomic E-state index is 12.2. The van der Waals surface area contributed by atoms with Crippen LogP contribution in [0.2, 0.25) is 9.36 Å². The predicted molar refractivity (Wildman–Crippen MR) is 90.2 cm³/mol. The Kier molecular flexibility index (Phi) is 5.49. The highest BCUT2D eigenvalue weighted by atomic mass is 79.9. The van der Waals surface area contributed by atoms with E-state index in [2.05, 4.69) is 15.9 Å². The van der Waals surface area contributed by atoms with Crippen LogP contribution in [0.25, 0.3) is 0 Å². The molecule has 0 fully saturated rings. The highest BCUT2D eigenvalue weighted by molar-refractivity contribution is 9.10. The monoisotopic (exact) mass is 391 g/mol. The second kappa shape index (κ2) is 6.94. The fourth-order valence-corrected chi connectivity index (χ4v) is 3.66. The molecule has 0 saturated carbocycles. The maximum absolute atomic E-state index is 12.2. The molecule has 0 radical (unpaired) electrons. The number of halogens is 3. The summed E-state index contributed by atoms with van der Waals surface area (Å²) in [5, 5.41) is 0.550. The molecule has 1 aromatic heterocycles. The first-order valence-corrected chi connectivity index (χ1v) is 8.29. The van der Waals surface area contributed by atoms with E-state index in [1.165, 1.54) is 11.3 Å². The van der Waals surface area contributed by atoms with Crippen molar-refractivity contribution in [3.63, 3.8) is 0 Å². The number of carbonyl (C=O) groups excluding carboxylic acids is 1. The van der Waals surface area contributed by atoms with Crippen LogP contribution in [0.1, 0.15) is 11.3 Å². The van der Waals surface area contributed by atoms with Gasteiger partial charge in [-0.05, 0) is 36.8 Å². The highest BCUT2D eigenvalue weighted by Crippen LogP contribution is 2.29. The van der Waals surface area contributed by atoms with E-state index >= 15 is 0 Å². The number of benzene rings is 1. The second-order valence-corrected chi connectivity index (χ2v) is 7.38. The Labute approximate surface area is 140 Å². The average Bonchev–Trinajstić information content (AvgIpc) is 2.81. The molecule has 6 heteroatoms. The molecule has 0 unspecified atom stereocenters. The summed E-state index contributed by atoms with van der Waals surface area (Å²) >= 11 is 16.9. The van der Waals surface area contributed by atoms with E-state index in [0.29, 0.717) is 23.6 Å². The molecule has 0 aliphatic carbocycles. The maximum Gasteiger partial charge on any atom is 0.227 e. The van der Waals surface area contributed by atoms with Crippen LogP contribution >= 0.6 is 50.5 Å². The molecular weight excluding hydrogens is 381 g/mol. The summed E-state index contributed by atoms with van der Waals surface area (Å²) in [4.78, 5) is 14.9. The lowest BCUT2D eigenvalue weighted by atomic mass is 10.2. The van der Waals surface area contributed by atoms with Gasteiger partial charge in [0.25, 0.3) is 0 Å². The number of amides is 1. The molecule has 0 saturated heterocycles. The molecule has 1 amide bonds. The zero-order valence-electron chi connectivity index (χ0n) is 10.7. The lowest BCUT2D eigenvalue weighted by Gasteiger charge is -2.18. The van der Waals surface area contributed by atoms with Crippen LogP contribution in [0, 0.1) is 0 Å². The normalized spacial score (nSPS) is 10.6. The van der Waals surface area contributed by atoms with Crippen LogP contribution in [0.15, 0.2) is 34.8 Å². The van der Waals surface area contributed by atoms with Gasteiger partial charge in [-0.25, -0.2) is 0 Å². The number of carbonyl (C=O) groups is 1. The van der Waals surface area contributed by atoms with Crippen molar-refractivity contribution >= 4 is 62.1 Å². The number of rotatable bonds is 4. The van der Waals surface area contributed by atoms with Crippen molar-refractivity contribution in [2.75, 3.05) is 11.9 Å². The first kappa shape index (κ1) is 15.8. The molecule has 106 valence electrons. The van der Waals surface area contributed by atoms with E-state index in [1.807, 2.05) is 24.3 Å². The standard InChI is InChI=1S/C14H12BrCl2NOS/c1-18(12-5-2-9(15)8-11(12)16)14(19)7-4-10-3-6-13(17)20-10/h2-3,5-6,8H,4,7H2,1H3. The fourth-order valence-electron chi connectivity index (χ4n) is 1.77. The summed E-state index contributed by atoms with van der Waals surface area (Å²) < 4.78 is 1.64. The molecule has 2 aromatic rings. The van der Waals surface area contributed by atoms with Gasteiger partial charge in [-0.1, -0.05) is 39.1 Å². The lowest BCUT2D eigenvalue weighted by molar-refractivity contribution is -0.118. The first-order chi connectivity index (χ1) is 9.47. The number of hydrogen-bond acceptors (Lipinski definition) is 2. The Balaban J connectivity index is 2.01. The van der Waals surface area contributed by atoms with Crippen LogP contribution in [0.4, 0.5) is 5.69 Å². The van der Waals surface area contributed by atoms with Crippen molar-refractivity contribution in [3.8, 4) is 0 Å². The SMILES string of the molecule is CN(C(=O)CCc1ccc(Cl)s1)c1ccc(Br)cc1Cl. The van der Waals surface area contributed by atoms with E-state index in [0.717, 1.165) is 13.7 Å². The van der Waals surface area contributed by atoms with Crippen molar-refractivity contribution in [1.82, 2.24) is 0 Å². The molecular formula is C14H12BrCl2NOS. The Hall–Kier alpha value is -0.550. The zero-order valence-corrected chi connectivity index (χ0v) is 14.6. The summed E-state index contributed by atoms with van der Waals surface area (Å²) in [7, 11) is 1.73. The largest absolute Gasteiger partial charge is 0.314 e. The summed E-state index contributed by atoms with van der Waals surface area (Å²) in [5.74, 6) is 0.0266. The van der Waals surface area contributed by atoms with Gasteiger partial charge < -0.3 is 4.90 Å². The minimum Gasteiger partial charge on any atom is -0.314 e. The minimum absolute atomic E-state index is 0.0266. The third-order valence-corrected chi connectivity index (χ3v) is 4.95. The molecule has 2 rings (SSSR count). The van der Waals surface area contributed by atoms with Gasteiger partial charge in [-0.15, -0.1) is 11.3 Å². The van der Waals surface area contributed by atoms with Crippen molar-refractivity contribution in [2.45, 2.75) is 12.8 Å². The average molecular weight is 393 g/mol. The van der Waals surface area contributed by atoms with Crippen molar-refractivity contribution in [3.05, 3.63) is 49.0 Å². The summed E-state index contributed by atoms with van der Waals surface area (Å²) in [5.41, 5.74) is 0.712. The molecule has 20 heavy (non-hydrogen) atoms. The van der Waals surface area contributed by atoms with Crippen molar-refractivity contribution in [1.29, 1.82) is 0 Å². The Morgan fingerprint density at radius 2 is 2.05 bits per heavy atom. The molecule has 0 aliphatic heterocycles. The van der Waals surface area contributed by atoms with E-state index in [9.17, 15) is 4.79 Å². The predicted octanol–water partition coefficient (Wildman–Crippen LogP) is 5.41. The van der Waals surface area contributed by atoms with Gasteiger partial charge in [0.15, 0.2) is 0 Å². The van der Waals surface area contributed by atoms with Gasteiger partial charge in [0, 0.05) is 22.8 Å². The topological polar surface area (TPSA) is 20.3 Å². The van der Waals surface area contributed by atoms with Gasteiger partial charge in [-0.2, -0.15) is 0 Å². The number of hydrogen-bond donors (Lipinski definition) is 0. The summed E-state index contributed by atoms with van der Waals surface area (Å²) in [6.07, 6.45) is 1.12. The van der Waals surface area contributed by atoms with Crippen LogP contribution in [-0.2, 0) is 11.2 Å². The Morgan fingerprint density at radius 3 is 2.65 bits per heavy atom. The van der Waals surface area contributed by atoms with Crippen molar-refractivity contribution in [2.24, 2.45) is 0 Å². The minimum atomic E-state index is 0.0266. The van der Waals surface area contributed by atoms with Crippen LogP contribution in [0.3, 0.4) is 0 Å². The van der Waals surface area contributed by atoms with Gasteiger partial charge >= 0.3 is 0 Å². The number of thiophene rings is 1. The number of anilines is 1. The van der Waals surface area contributed by atoms with Gasteiger partial charge in [0.05, 0.1) is 15.0 Å². The third kappa shape index (κ3) is 3.98. The molecule has 1 aromatic carbocycles. The van der Waals surface area contributed by atoms with E-state index in [4.69, 9.17) is 23.2 Å². The van der Waals surface area contributed by atoms with E-state index < -0.39 is 0 Å². The fraction of sp³-hybridized carbons (Fsp3) is 0.214. The number of aryl methyl sites for hydroxylation is 1. The third-order valence-electron chi connectivity index (χ3n) is 2.86. The molecule has 1 heterocycles. The number of nitrogens with zero attached hydrogens (tertiary/aromatic N) is 1. The molecule has 0 atom stereocenters. The van der Waals surface area contributed by atoms with Crippen LogP contribution in [0.5, 0.6) is 0 Å². The smallest absolute Gasteiger partial charge is 0.227 e. The Morgan fingerprint density at radius 1 is 1.30 bits per heavy atom. The van der Waals surface area contributed by atoms with Gasteiger partial charge in [0.1, 0.15) is 0 Å². The second-order valence-electron chi connectivity index (χ2n) is 4.25. The molecule has 2 nitrogen and oxygen atoms in total. The molecule has 0 bridgehead atoms. The highest BCUT2D eigenvalue weighted by Gasteiger charge is 2.14. The van der Waals surface area contributed by atoms with Gasteiger partial charge in [0.2, 0.25) is 5.91 Å². The summed E-state index contributed by atoms with van der Waals surface area (Å²) in [6.45, 7) is 0. The lowest BCUT2D eigenvalue weighted by Crippen LogP contribution is -2.26. The first-order valence-electron chi connectivity index (χ1n) is 5.93.